The van der Waals surface area contributed by atoms with E-state index in [1.54, 1.807) is 0 Å². The van der Waals surface area contributed by atoms with Crippen molar-refractivity contribution in [2.24, 2.45) is 0 Å². The van der Waals surface area contributed by atoms with E-state index in [2.05, 4.69) is 38.1 Å². The number of unbranched alkanes of at least 4 members (excludes halogenated alkanes) is 10. The van der Waals surface area contributed by atoms with Crippen molar-refractivity contribution in [3.8, 4) is 23.0 Å². The van der Waals surface area contributed by atoms with Gasteiger partial charge in [-0.3, -0.25) is 0 Å². The third-order valence-electron chi connectivity index (χ3n) is 7.33. The summed E-state index contributed by atoms with van der Waals surface area (Å²) in [4.78, 5) is 0. The number of rotatable bonds is 23. The molecule has 3 aromatic rings. The molecule has 3 aromatic carbocycles. The molecule has 0 atom stereocenters. The molecule has 0 aliphatic carbocycles. The van der Waals surface area contributed by atoms with Gasteiger partial charge >= 0.3 is 0 Å². The zero-order valence-corrected chi connectivity index (χ0v) is 26.6. The lowest BCUT2D eigenvalue weighted by Gasteiger charge is -2.15. The molecule has 3 rings (SSSR count). The predicted octanol–water partition coefficient (Wildman–Crippen LogP) is 11.1. The van der Waals surface area contributed by atoms with Gasteiger partial charge in [0.05, 0.1) is 13.2 Å². The van der Waals surface area contributed by atoms with Gasteiger partial charge in [0, 0.05) is 5.88 Å². The standard InChI is InChI=1S/C37H51ClO4/c1-3-5-7-9-11-13-25-39-34-20-15-31(16-21-34)29-41-36-24-19-33(28-38)27-37(36)42-30-32-17-22-35(23-18-32)40-26-14-12-10-8-6-4-2/h15-24,27H,3-14,25-26,28-30H2,1-2H3. The summed E-state index contributed by atoms with van der Waals surface area (Å²) in [7, 11) is 0. The lowest BCUT2D eigenvalue weighted by Crippen LogP contribution is -2.02. The Hall–Kier alpha value is -2.85. The topological polar surface area (TPSA) is 36.9 Å². The average molecular weight is 595 g/mol. The summed E-state index contributed by atoms with van der Waals surface area (Å²) in [6.45, 7) is 6.91. The van der Waals surface area contributed by atoms with E-state index >= 15 is 0 Å². The van der Waals surface area contributed by atoms with Crippen LogP contribution < -0.4 is 18.9 Å². The van der Waals surface area contributed by atoms with E-state index in [1.807, 2.05) is 42.5 Å². The largest absolute Gasteiger partial charge is 0.494 e. The molecule has 5 heteroatoms. The predicted molar refractivity (Wildman–Crippen MR) is 175 cm³/mol. The molecular weight excluding hydrogens is 544 g/mol. The minimum atomic E-state index is 0.418. The average Bonchev–Trinajstić information content (AvgIpc) is 3.03. The number of hydrogen-bond donors (Lipinski definition) is 0. The summed E-state index contributed by atoms with van der Waals surface area (Å²) in [5.41, 5.74) is 3.14. The van der Waals surface area contributed by atoms with Crippen LogP contribution in [-0.2, 0) is 19.1 Å². The molecule has 4 nitrogen and oxygen atoms in total. The fourth-order valence-corrected chi connectivity index (χ4v) is 4.86. The van der Waals surface area contributed by atoms with Crippen LogP contribution in [0.2, 0.25) is 0 Å². The van der Waals surface area contributed by atoms with Gasteiger partial charge in [0.25, 0.3) is 0 Å². The van der Waals surface area contributed by atoms with Crippen molar-refractivity contribution >= 4 is 11.6 Å². The summed E-state index contributed by atoms with van der Waals surface area (Å²) in [6.07, 6.45) is 15.1. The molecule has 0 unspecified atom stereocenters. The van der Waals surface area contributed by atoms with Crippen LogP contribution >= 0.6 is 11.6 Å². The summed E-state index contributed by atoms with van der Waals surface area (Å²) in [6, 6.07) is 22.2. The lowest BCUT2D eigenvalue weighted by molar-refractivity contribution is 0.255. The second-order valence-electron chi connectivity index (χ2n) is 11.0. The maximum absolute atomic E-state index is 6.20. The van der Waals surface area contributed by atoms with Gasteiger partial charge in [-0.05, 0) is 65.9 Å². The van der Waals surface area contributed by atoms with E-state index < -0.39 is 0 Å². The van der Waals surface area contributed by atoms with E-state index in [4.69, 9.17) is 30.5 Å². The van der Waals surface area contributed by atoms with Crippen LogP contribution in [0.5, 0.6) is 23.0 Å². The molecule has 0 amide bonds. The Morgan fingerprint density at radius 3 is 1.36 bits per heavy atom. The molecule has 0 radical (unpaired) electrons. The Kier molecular flexibility index (Phi) is 16.8. The van der Waals surface area contributed by atoms with Crippen LogP contribution in [0.3, 0.4) is 0 Å². The Morgan fingerprint density at radius 1 is 0.452 bits per heavy atom. The molecular formula is C37H51ClO4. The Labute approximate surface area is 259 Å². The number of ether oxygens (including phenoxy) is 4. The quantitative estimate of drug-likeness (QED) is 0.0808. The van der Waals surface area contributed by atoms with Gasteiger partial charge in [-0.2, -0.15) is 0 Å². The molecule has 0 fully saturated rings. The second-order valence-corrected chi connectivity index (χ2v) is 11.3. The van der Waals surface area contributed by atoms with Crippen molar-refractivity contribution in [1.82, 2.24) is 0 Å². The van der Waals surface area contributed by atoms with Gasteiger partial charge < -0.3 is 18.9 Å². The third kappa shape index (κ3) is 13.4. The van der Waals surface area contributed by atoms with Crippen molar-refractivity contribution in [1.29, 1.82) is 0 Å². The number of halogens is 1. The molecule has 0 aliphatic rings. The minimum Gasteiger partial charge on any atom is -0.494 e. The first-order valence-corrected chi connectivity index (χ1v) is 16.6. The van der Waals surface area contributed by atoms with Gasteiger partial charge in [0.1, 0.15) is 24.7 Å². The van der Waals surface area contributed by atoms with E-state index in [0.29, 0.717) is 30.6 Å². The zero-order valence-electron chi connectivity index (χ0n) is 25.9. The molecule has 0 aromatic heterocycles. The molecule has 0 spiro atoms. The van der Waals surface area contributed by atoms with E-state index in [0.717, 1.165) is 54.2 Å². The van der Waals surface area contributed by atoms with Crippen LogP contribution in [0.15, 0.2) is 66.7 Å². The van der Waals surface area contributed by atoms with Gasteiger partial charge in [-0.1, -0.05) is 108 Å². The Morgan fingerprint density at radius 2 is 0.881 bits per heavy atom. The maximum atomic E-state index is 6.20. The molecule has 0 aliphatic heterocycles. The summed E-state index contributed by atoms with van der Waals surface area (Å²) in [5, 5.41) is 0. The first kappa shape index (κ1) is 33.6. The van der Waals surface area contributed by atoms with Crippen molar-refractivity contribution in [3.63, 3.8) is 0 Å². The fraction of sp³-hybridized carbons (Fsp3) is 0.514. The fourth-order valence-electron chi connectivity index (χ4n) is 4.70. The molecule has 0 saturated heterocycles. The third-order valence-corrected chi connectivity index (χ3v) is 7.64. The first-order chi connectivity index (χ1) is 20.7. The lowest BCUT2D eigenvalue weighted by atomic mass is 10.1. The molecule has 0 N–H and O–H groups in total. The molecule has 42 heavy (non-hydrogen) atoms. The SMILES string of the molecule is CCCCCCCCOc1ccc(COc2ccc(CCl)cc2OCc2ccc(OCCCCCCCC)cc2)cc1. The van der Waals surface area contributed by atoms with E-state index in [-0.39, 0.29) is 0 Å². The van der Waals surface area contributed by atoms with Crippen LogP contribution in [-0.4, -0.2) is 13.2 Å². The van der Waals surface area contributed by atoms with Crippen LogP contribution in [0.1, 0.15) is 108 Å². The number of benzene rings is 3. The minimum absolute atomic E-state index is 0.418. The molecule has 0 heterocycles. The van der Waals surface area contributed by atoms with Gasteiger partial charge in [0.15, 0.2) is 11.5 Å². The molecule has 0 bridgehead atoms. The van der Waals surface area contributed by atoms with E-state index in [1.165, 1.54) is 64.2 Å². The number of hydrogen-bond acceptors (Lipinski definition) is 4. The highest BCUT2D eigenvalue weighted by Gasteiger charge is 2.09. The van der Waals surface area contributed by atoms with Gasteiger partial charge in [0.2, 0.25) is 0 Å². The van der Waals surface area contributed by atoms with Gasteiger partial charge in [-0.15, -0.1) is 11.6 Å². The number of alkyl halides is 1. The zero-order chi connectivity index (χ0) is 29.7. The summed E-state index contributed by atoms with van der Waals surface area (Å²) >= 11 is 6.11. The molecule has 0 saturated carbocycles. The second kappa shape index (κ2) is 20.9. The van der Waals surface area contributed by atoms with E-state index in [9.17, 15) is 0 Å². The summed E-state index contributed by atoms with van der Waals surface area (Å²) in [5.74, 6) is 3.61. The van der Waals surface area contributed by atoms with Crippen LogP contribution in [0, 0.1) is 0 Å². The van der Waals surface area contributed by atoms with Crippen molar-refractivity contribution in [3.05, 3.63) is 83.4 Å². The monoisotopic (exact) mass is 594 g/mol. The first-order valence-electron chi connectivity index (χ1n) is 16.1. The van der Waals surface area contributed by atoms with Crippen molar-refractivity contribution in [2.45, 2.75) is 110 Å². The van der Waals surface area contributed by atoms with Crippen molar-refractivity contribution in [2.75, 3.05) is 13.2 Å². The maximum Gasteiger partial charge on any atom is 0.162 e. The summed E-state index contributed by atoms with van der Waals surface area (Å²) < 4.78 is 24.2. The highest BCUT2D eigenvalue weighted by molar-refractivity contribution is 6.17. The normalized spacial score (nSPS) is 10.9. The Bertz CT molecular complexity index is 1100. The van der Waals surface area contributed by atoms with Crippen molar-refractivity contribution < 1.29 is 18.9 Å². The van der Waals surface area contributed by atoms with Gasteiger partial charge in [-0.25, -0.2) is 0 Å². The smallest absolute Gasteiger partial charge is 0.162 e. The van der Waals surface area contributed by atoms with Crippen LogP contribution in [0.25, 0.3) is 0 Å². The highest BCUT2D eigenvalue weighted by atomic mass is 35.5. The highest BCUT2D eigenvalue weighted by Crippen LogP contribution is 2.31. The van der Waals surface area contributed by atoms with Crippen LogP contribution in [0.4, 0.5) is 0 Å². The Balaban J connectivity index is 1.43. The molecule has 230 valence electrons.